The molecule has 3 rings (SSSR count). The van der Waals surface area contributed by atoms with Crippen LogP contribution < -0.4 is 0 Å². The Morgan fingerprint density at radius 3 is 2.96 bits per heavy atom. The molecule has 2 aliphatic heterocycles. The Balaban J connectivity index is 1.38. The number of rotatable bonds is 7. The van der Waals surface area contributed by atoms with E-state index in [-0.39, 0.29) is 11.8 Å². The van der Waals surface area contributed by atoms with E-state index < -0.39 is 0 Å². The molecule has 134 valence electrons. The normalized spacial score (nSPS) is 22.2. The third-order valence-corrected chi connectivity index (χ3v) is 4.84. The van der Waals surface area contributed by atoms with Gasteiger partial charge in [-0.2, -0.15) is 4.98 Å². The van der Waals surface area contributed by atoms with Crippen molar-refractivity contribution in [1.82, 2.24) is 15.0 Å². The number of hydrogen-bond acceptors (Lipinski definition) is 6. The van der Waals surface area contributed by atoms with E-state index in [1.807, 2.05) is 11.8 Å². The molecule has 1 unspecified atom stereocenters. The first-order valence-electron chi connectivity index (χ1n) is 9.02. The van der Waals surface area contributed by atoms with Gasteiger partial charge >= 0.3 is 0 Å². The predicted octanol–water partition coefficient (Wildman–Crippen LogP) is 1.78. The van der Waals surface area contributed by atoms with Gasteiger partial charge in [0.1, 0.15) is 0 Å². The summed E-state index contributed by atoms with van der Waals surface area (Å²) in [6.45, 7) is 6.45. The highest BCUT2D eigenvalue weighted by Gasteiger charge is 2.30. The summed E-state index contributed by atoms with van der Waals surface area (Å²) in [6, 6.07) is 0. The minimum atomic E-state index is 0.171. The van der Waals surface area contributed by atoms with Crippen LogP contribution in [0.1, 0.15) is 50.2 Å². The fourth-order valence-corrected chi connectivity index (χ4v) is 3.27. The van der Waals surface area contributed by atoms with Crippen molar-refractivity contribution in [3.8, 4) is 0 Å². The maximum absolute atomic E-state index is 11.7. The van der Waals surface area contributed by atoms with Crippen LogP contribution in [0.5, 0.6) is 0 Å². The molecule has 1 amide bonds. The van der Waals surface area contributed by atoms with Gasteiger partial charge in [-0.3, -0.25) is 4.79 Å². The van der Waals surface area contributed by atoms with Gasteiger partial charge in [-0.15, -0.1) is 0 Å². The van der Waals surface area contributed by atoms with E-state index in [1.165, 1.54) is 0 Å². The van der Waals surface area contributed by atoms with Crippen LogP contribution in [-0.2, 0) is 20.7 Å². The van der Waals surface area contributed by atoms with Crippen LogP contribution in [-0.4, -0.2) is 60.5 Å². The van der Waals surface area contributed by atoms with E-state index in [0.717, 1.165) is 45.6 Å². The van der Waals surface area contributed by atoms with Crippen molar-refractivity contribution in [2.24, 2.45) is 5.92 Å². The fraction of sp³-hybridized carbons (Fsp3) is 0.824. The van der Waals surface area contributed by atoms with E-state index in [4.69, 9.17) is 14.0 Å². The standard InChI is InChI=1S/C17H27N3O4/c1-2-16(21)20-7-3-14(11-20)17-18-15(19-24-17)6-10-23-12-13-4-8-22-9-5-13/h13-14H,2-12H2,1H3. The zero-order valence-electron chi connectivity index (χ0n) is 14.4. The molecule has 0 spiro atoms. The summed E-state index contributed by atoms with van der Waals surface area (Å²) in [5, 5.41) is 4.05. The Morgan fingerprint density at radius 1 is 1.33 bits per heavy atom. The third kappa shape index (κ3) is 4.54. The highest BCUT2D eigenvalue weighted by molar-refractivity contribution is 5.76. The van der Waals surface area contributed by atoms with Gasteiger partial charge in [-0.1, -0.05) is 12.1 Å². The molecule has 1 atom stereocenters. The first-order valence-corrected chi connectivity index (χ1v) is 9.02. The second kappa shape index (κ2) is 8.58. The minimum absolute atomic E-state index is 0.171. The quantitative estimate of drug-likeness (QED) is 0.706. The van der Waals surface area contributed by atoms with Crippen molar-refractivity contribution in [2.45, 2.75) is 44.9 Å². The van der Waals surface area contributed by atoms with E-state index in [0.29, 0.717) is 43.6 Å². The molecule has 0 aliphatic carbocycles. The molecule has 1 aromatic heterocycles. The van der Waals surface area contributed by atoms with E-state index in [9.17, 15) is 4.79 Å². The molecule has 24 heavy (non-hydrogen) atoms. The highest BCUT2D eigenvalue weighted by atomic mass is 16.5. The number of carbonyl (C=O) groups excluding carboxylic acids is 1. The lowest BCUT2D eigenvalue weighted by Crippen LogP contribution is -2.27. The van der Waals surface area contributed by atoms with Gasteiger partial charge in [0.15, 0.2) is 5.82 Å². The summed E-state index contributed by atoms with van der Waals surface area (Å²) in [7, 11) is 0. The Labute approximate surface area is 142 Å². The van der Waals surface area contributed by atoms with Crippen molar-refractivity contribution in [3.05, 3.63) is 11.7 Å². The molecular weight excluding hydrogens is 310 g/mol. The molecule has 0 saturated carbocycles. The monoisotopic (exact) mass is 337 g/mol. The summed E-state index contributed by atoms with van der Waals surface area (Å²) in [5.41, 5.74) is 0. The molecule has 2 saturated heterocycles. The van der Waals surface area contributed by atoms with Crippen LogP contribution in [0.3, 0.4) is 0 Å². The number of amides is 1. The van der Waals surface area contributed by atoms with Crippen LogP contribution in [0.25, 0.3) is 0 Å². The van der Waals surface area contributed by atoms with Crippen LogP contribution in [0, 0.1) is 5.92 Å². The summed E-state index contributed by atoms with van der Waals surface area (Å²) < 4.78 is 16.5. The van der Waals surface area contributed by atoms with Gasteiger partial charge in [0.05, 0.1) is 12.5 Å². The molecule has 1 aromatic rings. The second-order valence-electron chi connectivity index (χ2n) is 6.61. The van der Waals surface area contributed by atoms with Gasteiger partial charge in [0.2, 0.25) is 11.8 Å². The van der Waals surface area contributed by atoms with Crippen molar-refractivity contribution in [3.63, 3.8) is 0 Å². The lowest BCUT2D eigenvalue weighted by atomic mass is 10.0. The van der Waals surface area contributed by atoms with Crippen LogP contribution in [0.2, 0.25) is 0 Å². The first kappa shape index (κ1) is 17.4. The average Bonchev–Trinajstić information content (AvgIpc) is 3.28. The number of carbonyl (C=O) groups is 1. The summed E-state index contributed by atoms with van der Waals surface area (Å²) >= 11 is 0. The Hall–Kier alpha value is -1.47. The third-order valence-electron chi connectivity index (χ3n) is 4.84. The summed E-state index contributed by atoms with van der Waals surface area (Å²) in [6.07, 6.45) is 4.28. The Bertz CT molecular complexity index is 528. The second-order valence-corrected chi connectivity index (χ2v) is 6.61. The number of ether oxygens (including phenoxy) is 2. The SMILES string of the molecule is CCC(=O)N1CCC(c2nc(CCOCC3CCOCC3)no2)C1. The molecule has 3 heterocycles. The van der Waals surface area contributed by atoms with E-state index >= 15 is 0 Å². The fourth-order valence-electron chi connectivity index (χ4n) is 3.27. The molecule has 0 bridgehead atoms. The number of hydrogen-bond donors (Lipinski definition) is 0. The Kier molecular flexibility index (Phi) is 6.20. The minimum Gasteiger partial charge on any atom is -0.381 e. The first-order chi connectivity index (χ1) is 11.8. The number of nitrogens with zero attached hydrogens (tertiary/aromatic N) is 3. The highest BCUT2D eigenvalue weighted by Crippen LogP contribution is 2.26. The zero-order chi connectivity index (χ0) is 16.8. The van der Waals surface area contributed by atoms with Gasteiger partial charge in [-0.05, 0) is 25.2 Å². The molecule has 7 nitrogen and oxygen atoms in total. The van der Waals surface area contributed by atoms with E-state index in [1.54, 1.807) is 0 Å². The molecule has 0 radical (unpaired) electrons. The molecule has 0 aromatic carbocycles. The smallest absolute Gasteiger partial charge is 0.231 e. The van der Waals surface area contributed by atoms with Crippen LogP contribution >= 0.6 is 0 Å². The molecule has 7 heteroatoms. The summed E-state index contributed by atoms with van der Waals surface area (Å²) in [5.74, 6) is 2.32. The largest absolute Gasteiger partial charge is 0.381 e. The topological polar surface area (TPSA) is 77.7 Å². The van der Waals surface area contributed by atoms with Crippen molar-refractivity contribution >= 4 is 5.91 Å². The van der Waals surface area contributed by atoms with Crippen molar-refractivity contribution in [2.75, 3.05) is 39.5 Å². The molecule has 2 fully saturated rings. The number of aromatic nitrogens is 2. The zero-order valence-corrected chi connectivity index (χ0v) is 14.4. The Morgan fingerprint density at radius 2 is 2.17 bits per heavy atom. The van der Waals surface area contributed by atoms with Crippen LogP contribution in [0.4, 0.5) is 0 Å². The lowest BCUT2D eigenvalue weighted by Gasteiger charge is -2.21. The molecule has 2 aliphatic rings. The number of likely N-dealkylation sites (tertiary alicyclic amines) is 1. The van der Waals surface area contributed by atoms with Gasteiger partial charge in [0, 0.05) is 45.8 Å². The average molecular weight is 337 g/mol. The summed E-state index contributed by atoms with van der Waals surface area (Å²) in [4.78, 5) is 18.1. The lowest BCUT2D eigenvalue weighted by molar-refractivity contribution is -0.129. The molecular formula is C17H27N3O4. The predicted molar refractivity (Wildman–Crippen MR) is 86.6 cm³/mol. The van der Waals surface area contributed by atoms with Crippen molar-refractivity contribution in [1.29, 1.82) is 0 Å². The maximum atomic E-state index is 11.7. The van der Waals surface area contributed by atoms with Crippen molar-refractivity contribution < 1.29 is 18.8 Å². The van der Waals surface area contributed by atoms with Gasteiger partial charge in [0.25, 0.3) is 0 Å². The molecule has 0 N–H and O–H groups in total. The van der Waals surface area contributed by atoms with Gasteiger partial charge < -0.3 is 18.9 Å². The van der Waals surface area contributed by atoms with Gasteiger partial charge in [-0.25, -0.2) is 0 Å². The van der Waals surface area contributed by atoms with Crippen LogP contribution in [0.15, 0.2) is 4.52 Å². The maximum Gasteiger partial charge on any atom is 0.231 e. The van der Waals surface area contributed by atoms with E-state index in [2.05, 4.69) is 10.1 Å².